The fraction of sp³-hybridized carbons (Fsp3) is 0. The first kappa shape index (κ1) is 14.7. The van der Waals surface area contributed by atoms with Crippen LogP contribution < -0.4 is 17.2 Å². The highest BCUT2D eigenvalue weighted by molar-refractivity contribution is 5.96. The first-order chi connectivity index (χ1) is 9.22. The first-order valence-corrected chi connectivity index (χ1v) is 4.91. The molecule has 0 heterocycles. The van der Waals surface area contributed by atoms with Crippen LogP contribution in [0.25, 0.3) is 0 Å². The third kappa shape index (κ3) is 3.32. The number of nitrogens with two attached hydrogens (primary N) is 3. The molecule has 0 bridgehead atoms. The van der Waals surface area contributed by atoms with Crippen LogP contribution in [0.5, 0.6) is 5.75 Å². The summed E-state index contributed by atoms with van der Waals surface area (Å²) >= 11 is 0. The summed E-state index contributed by atoms with van der Waals surface area (Å²) in [6, 6.07) is 1.72. The number of nitro groups is 1. The summed E-state index contributed by atoms with van der Waals surface area (Å²) in [5, 5.41) is 29.0. The Hall–Kier alpha value is -3.37. The number of carbonyl (C=O) groups is 1. The maximum atomic E-state index is 10.9. The number of nitrogens with zero attached hydrogens (tertiary/aromatic N) is 3. The predicted octanol–water partition coefficient (Wildman–Crippen LogP) is -0.782. The normalized spacial score (nSPS) is 10.9. The van der Waals surface area contributed by atoms with Crippen molar-refractivity contribution in [3.8, 4) is 5.75 Å². The molecular weight excluding hydrogens is 272 g/mol. The van der Waals surface area contributed by atoms with Gasteiger partial charge in [0.1, 0.15) is 5.56 Å². The molecule has 0 aromatic heterocycles. The summed E-state index contributed by atoms with van der Waals surface area (Å²) < 4.78 is 0. The number of aromatic hydroxyl groups is 1. The lowest BCUT2D eigenvalue weighted by Crippen LogP contribution is -2.26. The molecule has 1 aromatic carbocycles. The topological polar surface area (TPSA) is 203 Å². The van der Waals surface area contributed by atoms with Crippen molar-refractivity contribution in [2.24, 2.45) is 27.2 Å². The molecule has 1 aromatic rings. The van der Waals surface area contributed by atoms with Crippen molar-refractivity contribution >= 4 is 29.3 Å². The highest BCUT2D eigenvalue weighted by Crippen LogP contribution is 2.34. The Kier molecular flexibility index (Phi) is 4.05. The maximum Gasteiger partial charge on any atom is 0.339 e. The van der Waals surface area contributed by atoms with Crippen molar-refractivity contribution in [3.05, 3.63) is 27.8 Å². The molecule has 11 nitrogen and oxygen atoms in total. The van der Waals surface area contributed by atoms with E-state index in [9.17, 15) is 20.0 Å². The Bertz CT molecular complexity index is 599. The van der Waals surface area contributed by atoms with Crippen molar-refractivity contribution in [2.45, 2.75) is 0 Å². The van der Waals surface area contributed by atoms with E-state index in [1.807, 2.05) is 0 Å². The molecule has 0 amide bonds. The average molecular weight is 282 g/mol. The van der Waals surface area contributed by atoms with Crippen LogP contribution in [-0.2, 0) is 0 Å². The second-order valence-electron chi connectivity index (χ2n) is 3.43. The van der Waals surface area contributed by atoms with E-state index in [4.69, 9.17) is 22.3 Å². The molecule has 0 unspecified atom stereocenters. The smallest absolute Gasteiger partial charge is 0.339 e. The fourth-order valence-electron chi connectivity index (χ4n) is 1.26. The number of carboxylic acids is 1. The van der Waals surface area contributed by atoms with Gasteiger partial charge in [-0.2, -0.15) is 4.99 Å². The predicted molar refractivity (Wildman–Crippen MR) is 68.8 cm³/mol. The maximum absolute atomic E-state index is 10.9. The number of benzene rings is 1. The minimum Gasteiger partial charge on any atom is -0.501 e. The monoisotopic (exact) mass is 282 g/mol. The van der Waals surface area contributed by atoms with Gasteiger partial charge in [-0.05, 0) is 6.07 Å². The molecule has 0 saturated carbocycles. The van der Waals surface area contributed by atoms with Gasteiger partial charge in [-0.15, -0.1) is 0 Å². The van der Waals surface area contributed by atoms with Gasteiger partial charge in [0.15, 0.2) is 5.96 Å². The van der Waals surface area contributed by atoms with Gasteiger partial charge in [0.05, 0.1) is 10.6 Å². The Morgan fingerprint density at radius 1 is 1.30 bits per heavy atom. The minimum atomic E-state index is -1.57. The van der Waals surface area contributed by atoms with Crippen molar-refractivity contribution < 1.29 is 19.9 Å². The van der Waals surface area contributed by atoms with E-state index in [0.717, 1.165) is 12.1 Å². The zero-order chi connectivity index (χ0) is 15.4. The van der Waals surface area contributed by atoms with Gasteiger partial charge in [0.25, 0.3) is 0 Å². The standard InChI is InChI=1S/C9H10N6O5/c10-8(11)14-9(12)13-3-1-4(7(17)18)6(16)5(2-3)15(19)20/h1-2,16H,(H,17,18)(H6,10,11,12,13,14). The lowest BCUT2D eigenvalue weighted by Gasteiger charge is -2.03. The van der Waals surface area contributed by atoms with Crippen LogP contribution in [0, 0.1) is 10.1 Å². The summed E-state index contributed by atoms with van der Waals surface area (Å²) in [7, 11) is 0. The molecular formula is C9H10N6O5. The number of rotatable bonds is 3. The molecule has 0 fully saturated rings. The van der Waals surface area contributed by atoms with Gasteiger partial charge in [0, 0.05) is 6.07 Å². The summed E-state index contributed by atoms with van der Waals surface area (Å²) in [5.41, 5.74) is 13.7. The molecule has 1 rings (SSSR count). The van der Waals surface area contributed by atoms with E-state index in [-0.39, 0.29) is 5.69 Å². The molecule has 0 radical (unpaired) electrons. The van der Waals surface area contributed by atoms with Crippen LogP contribution in [0.1, 0.15) is 10.4 Å². The zero-order valence-corrected chi connectivity index (χ0v) is 9.85. The largest absolute Gasteiger partial charge is 0.501 e. The van der Waals surface area contributed by atoms with E-state index >= 15 is 0 Å². The molecule has 0 aliphatic heterocycles. The minimum absolute atomic E-state index is 0.200. The lowest BCUT2D eigenvalue weighted by molar-refractivity contribution is -0.385. The second kappa shape index (κ2) is 5.51. The van der Waals surface area contributed by atoms with Gasteiger partial charge in [-0.1, -0.05) is 0 Å². The van der Waals surface area contributed by atoms with Crippen molar-refractivity contribution in [2.75, 3.05) is 0 Å². The van der Waals surface area contributed by atoms with E-state index in [2.05, 4.69) is 9.98 Å². The first-order valence-electron chi connectivity index (χ1n) is 4.91. The van der Waals surface area contributed by atoms with Crippen LogP contribution in [0.4, 0.5) is 11.4 Å². The van der Waals surface area contributed by atoms with E-state index < -0.39 is 39.8 Å². The molecule has 106 valence electrons. The number of guanidine groups is 2. The van der Waals surface area contributed by atoms with Crippen LogP contribution in [0.15, 0.2) is 22.1 Å². The van der Waals surface area contributed by atoms with Gasteiger partial charge in [-0.25, -0.2) is 9.79 Å². The Morgan fingerprint density at radius 2 is 1.90 bits per heavy atom. The van der Waals surface area contributed by atoms with Crippen molar-refractivity contribution in [3.63, 3.8) is 0 Å². The van der Waals surface area contributed by atoms with E-state index in [1.54, 1.807) is 0 Å². The third-order valence-electron chi connectivity index (χ3n) is 1.99. The number of phenols is 1. The highest BCUT2D eigenvalue weighted by Gasteiger charge is 2.23. The Morgan fingerprint density at radius 3 is 2.35 bits per heavy atom. The number of nitro benzene ring substituents is 1. The number of aliphatic imine (C=N–C) groups is 2. The highest BCUT2D eigenvalue weighted by atomic mass is 16.6. The number of hydrogen-bond donors (Lipinski definition) is 5. The second-order valence-corrected chi connectivity index (χ2v) is 3.43. The molecule has 0 spiro atoms. The summed E-state index contributed by atoms with van der Waals surface area (Å²) in [4.78, 5) is 27.6. The SMILES string of the molecule is NC(N)=NC(N)=Nc1cc(C(=O)O)c(O)c([N+](=O)[O-])c1. The van der Waals surface area contributed by atoms with Crippen molar-refractivity contribution in [1.82, 2.24) is 0 Å². The number of hydrogen-bond acceptors (Lipinski definition) is 5. The van der Waals surface area contributed by atoms with E-state index in [1.165, 1.54) is 0 Å². The van der Waals surface area contributed by atoms with Crippen LogP contribution in [-0.4, -0.2) is 33.0 Å². The number of aromatic carboxylic acids is 1. The molecule has 0 atom stereocenters. The van der Waals surface area contributed by atoms with Crippen LogP contribution in [0.3, 0.4) is 0 Å². The summed E-state index contributed by atoms with van der Waals surface area (Å²) in [6.07, 6.45) is 0. The summed E-state index contributed by atoms with van der Waals surface area (Å²) in [6.45, 7) is 0. The van der Waals surface area contributed by atoms with Gasteiger partial charge in [0.2, 0.25) is 11.7 Å². The van der Waals surface area contributed by atoms with E-state index in [0.29, 0.717) is 0 Å². The van der Waals surface area contributed by atoms with Crippen LogP contribution in [0.2, 0.25) is 0 Å². The molecule has 0 saturated heterocycles. The zero-order valence-electron chi connectivity index (χ0n) is 9.85. The Labute approximate surface area is 111 Å². The van der Waals surface area contributed by atoms with Crippen LogP contribution >= 0.6 is 0 Å². The fourth-order valence-corrected chi connectivity index (χ4v) is 1.26. The lowest BCUT2D eigenvalue weighted by atomic mass is 10.1. The molecule has 0 aliphatic carbocycles. The van der Waals surface area contributed by atoms with Gasteiger partial charge < -0.3 is 27.4 Å². The van der Waals surface area contributed by atoms with Gasteiger partial charge >= 0.3 is 11.7 Å². The molecule has 11 heteroatoms. The quantitative estimate of drug-likeness (QED) is 0.205. The van der Waals surface area contributed by atoms with Gasteiger partial charge in [-0.3, -0.25) is 10.1 Å². The Balaban J connectivity index is 3.46. The molecule has 20 heavy (non-hydrogen) atoms. The van der Waals surface area contributed by atoms with Crippen molar-refractivity contribution in [1.29, 1.82) is 0 Å². The third-order valence-corrected chi connectivity index (χ3v) is 1.99. The summed E-state index contributed by atoms with van der Waals surface area (Å²) in [5.74, 6) is -3.37. The average Bonchev–Trinajstić information content (AvgIpc) is 2.29. The molecule has 0 aliphatic rings. The molecule has 8 N–H and O–H groups in total. The number of carboxylic acid groups (broad SMARTS) is 1.